The Labute approximate surface area is 193 Å². The second-order valence-corrected chi connectivity index (χ2v) is 8.64. The molecule has 1 aromatic heterocycles. The van der Waals surface area contributed by atoms with Gasteiger partial charge in [-0.25, -0.2) is 4.79 Å². The van der Waals surface area contributed by atoms with E-state index >= 15 is 0 Å². The van der Waals surface area contributed by atoms with E-state index in [2.05, 4.69) is 11.9 Å². The number of nitrogens with zero attached hydrogens (tertiary/aromatic N) is 3. The summed E-state index contributed by atoms with van der Waals surface area (Å²) in [6.45, 7) is 2.56. The number of aromatic nitrogens is 2. The van der Waals surface area contributed by atoms with Crippen LogP contribution in [0.15, 0.2) is 29.2 Å². The van der Waals surface area contributed by atoms with Gasteiger partial charge in [-0.05, 0) is 18.6 Å². The van der Waals surface area contributed by atoms with Gasteiger partial charge in [-0.1, -0.05) is 39.0 Å². The molecule has 0 saturated carbocycles. The van der Waals surface area contributed by atoms with Crippen LogP contribution in [0.5, 0.6) is 17.2 Å². The van der Waals surface area contributed by atoms with E-state index in [-0.39, 0.29) is 13.0 Å². The van der Waals surface area contributed by atoms with Gasteiger partial charge < -0.3 is 29.3 Å². The molecule has 9 nitrogen and oxygen atoms in total. The number of hydrogen-bond donors (Lipinski definition) is 2. The van der Waals surface area contributed by atoms with Gasteiger partial charge in [-0.3, -0.25) is 4.57 Å². The number of aliphatic hydroxyl groups excluding tert-OH is 2. The van der Waals surface area contributed by atoms with Crippen LogP contribution in [0.4, 0.5) is 11.5 Å². The zero-order chi connectivity index (χ0) is 23.4. The summed E-state index contributed by atoms with van der Waals surface area (Å²) in [4.78, 5) is 18.7. The Hall–Kier alpha value is -2.62. The molecule has 3 heterocycles. The summed E-state index contributed by atoms with van der Waals surface area (Å²) in [5.74, 6) is 2.19. The summed E-state index contributed by atoms with van der Waals surface area (Å²) in [7, 11) is 1.83. The summed E-state index contributed by atoms with van der Waals surface area (Å²) in [5.41, 5.74) is 0.249. The van der Waals surface area contributed by atoms with Gasteiger partial charge >= 0.3 is 5.69 Å². The van der Waals surface area contributed by atoms with Crippen molar-refractivity contribution in [1.29, 1.82) is 0 Å². The minimum Gasteiger partial charge on any atom is -0.494 e. The van der Waals surface area contributed by atoms with E-state index in [0.29, 0.717) is 23.9 Å². The second-order valence-electron chi connectivity index (χ2n) is 8.64. The highest BCUT2D eigenvalue weighted by Gasteiger charge is 2.36. The van der Waals surface area contributed by atoms with Crippen LogP contribution in [0, 0.1) is 0 Å². The fourth-order valence-corrected chi connectivity index (χ4v) is 4.25. The Morgan fingerprint density at radius 3 is 2.73 bits per heavy atom. The van der Waals surface area contributed by atoms with E-state index in [1.165, 1.54) is 30.3 Å². The average Bonchev–Trinajstić information content (AvgIpc) is 3.19. The van der Waals surface area contributed by atoms with Crippen LogP contribution in [0.3, 0.4) is 0 Å². The van der Waals surface area contributed by atoms with Crippen LogP contribution in [-0.4, -0.2) is 52.2 Å². The van der Waals surface area contributed by atoms with Gasteiger partial charge in [-0.15, -0.1) is 0 Å². The van der Waals surface area contributed by atoms with Crippen LogP contribution in [0.25, 0.3) is 0 Å². The standard InChI is InChI=1S/C24H33N3O6/c1-3-4-5-6-7-8-11-31-16-9-10-19-17(12-16)26(2)23-20(32-19)14-27(24(30)25-23)22-13-18(29)21(15-28)33-22/h9-10,12,14,18,21-22,28-29H,3-8,11,13,15H2,1-2H3/t18-,21+,22+/m0/s1. The van der Waals surface area contributed by atoms with Crippen molar-refractivity contribution in [2.45, 2.75) is 70.3 Å². The number of hydrogen-bond acceptors (Lipinski definition) is 8. The number of aliphatic hydroxyl groups is 2. The fraction of sp³-hybridized carbons (Fsp3) is 0.583. The summed E-state index contributed by atoms with van der Waals surface area (Å²) in [5, 5.41) is 19.3. The molecule has 1 saturated heterocycles. The highest BCUT2D eigenvalue weighted by atomic mass is 16.5. The molecule has 3 atom stereocenters. The molecule has 4 rings (SSSR count). The first kappa shape index (κ1) is 23.5. The summed E-state index contributed by atoms with van der Waals surface area (Å²) in [6, 6.07) is 5.61. The van der Waals surface area contributed by atoms with Crippen molar-refractivity contribution in [2.75, 3.05) is 25.2 Å². The first-order valence-electron chi connectivity index (χ1n) is 11.8. The lowest BCUT2D eigenvalue weighted by Crippen LogP contribution is -2.30. The smallest absolute Gasteiger partial charge is 0.351 e. The number of anilines is 2. The first-order valence-corrected chi connectivity index (χ1v) is 11.8. The molecule has 2 aliphatic rings. The van der Waals surface area contributed by atoms with Crippen molar-refractivity contribution >= 4 is 11.5 Å². The van der Waals surface area contributed by atoms with Crippen molar-refractivity contribution < 1.29 is 24.4 Å². The third-order valence-electron chi connectivity index (χ3n) is 6.19. The molecule has 180 valence electrons. The Morgan fingerprint density at radius 2 is 1.97 bits per heavy atom. The van der Waals surface area contributed by atoms with Crippen molar-refractivity contribution in [3.8, 4) is 17.2 Å². The maximum atomic E-state index is 12.7. The van der Waals surface area contributed by atoms with Gasteiger partial charge in [0.15, 0.2) is 17.3 Å². The van der Waals surface area contributed by atoms with Crippen LogP contribution >= 0.6 is 0 Å². The van der Waals surface area contributed by atoms with Gasteiger partial charge in [0.05, 0.1) is 31.2 Å². The Bertz CT molecular complexity index is 1010. The second kappa shape index (κ2) is 10.5. The lowest BCUT2D eigenvalue weighted by atomic mass is 10.1. The van der Waals surface area contributed by atoms with E-state index in [4.69, 9.17) is 14.2 Å². The zero-order valence-corrected chi connectivity index (χ0v) is 19.3. The van der Waals surface area contributed by atoms with Crippen LogP contribution in [0.1, 0.15) is 58.1 Å². The quantitative estimate of drug-likeness (QED) is 0.520. The molecular formula is C24H33N3O6. The molecule has 0 unspecified atom stereocenters. The summed E-state index contributed by atoms with van der Waals surface area (Å²) >= 11 is 0. The van der Waals surface area contributed by atoms with Gasteiger partial charge in [0.1, 0.15) is 18.1 Å². The van der Waals surface area contributed by atoms with Gasteiger partial charge in [0, 0.05) is 19.5 Å². The molecular weight excluding hydrogens is 426 g/mol. The zero-order valence-electron chi connectivity index (χ0n) is 19.3. The molecule has 0 spiro atoms. The maximum Gasteiger partial charge on any atom is 0.351 e. The SMILES string of the molecule is CCCCCCCCOc1ccc2c(c1)N(C)c1nc(=O)n([C@H]3C[C@H](O)[C@@H](CO)O3)cc1O2. The molecule has 0 amide bonds. The Morgan fingerprint density at radius 1 is 1.18 bits per heavy atom. The number of ether oxygens (including phenoxy) is 3. The lowest BCUT2D eigenvalue weighted by Gasteiger charge is -2.29. The van der Waals surface area contributed by atoms with Crippen LogP contribution in [-0.2, 0) is 4.74 Å². The fourth-order valence-electron chi connectivity index (χ4n) is 4.25. The molecule has 9 heteroatoms. The van der Waals surface area contributed by atoms with Crippen LogP contribution in [0.2, 0.25) is 0 Å². The predicted octanol–water partition coefficient (Wildman–Crippen LogP) is 3.50. The predicted molar refractivity (Wildman–Crippen MR) is 124 cm³/mol. The van der Waals surface area contributed by atoms with Gasteiger partial charge in [-0.2, -0.15) is 4.98 Å². The molecule has 0 aliphatic carbocycles. The van der Waals surface area contributed by atoms with E-state index in [0.717, 1.165) is 24.3 Å². The summed E-state index contributed by atoms with van der Waals surface area (Å²) in [6.07, 6.45) is 6.69. The number of unbranched alkanes of at least 4 members (excludes halogenated alkanes) is 5. The largest absolute Gasteiger partial charge is 0.494 e. The third kappa shape index (κ3) is 5.15. The Balaban J connectivity index is 1.44. The molecule has 1 aromatic carbocycles. The minimum absolute atomic E-state index is 0.192. The molecule has 1 fully saturated rings. The Kier molecular flexibility index (Phi) is 7.52. The topological polar surface area (TPSA) is 106 Å². The highest BCUT2D eigenvalue weighted by molar-refractivity contribution is 5.75. The highest BCUT2D eigenvalue weighted by Crippen LogP contribution is 2.45. The molecule has 0 radical (unpaired) electrons. The van der Waals surface area contributed by atoms with Crippen molar-refractivity contribution in [3.63, 3.8) is 0 Å². The molecule has 0 bridgehead atoms. The number of rotatable bonds is 10. The normalized spacial score (nSPS) is 21.5. The number of benzene rings is 1. The third-order valence-corrected chi connectivity index (χ3v) is 6.19. The molecule has 2 aliphatic heterocycles. The van der Waals surface area contributed by atoms with E-state index in [9.17, 15) is 15.0 Å². The van der Waals surface area contributed by atoms with Gasteiger partial charge in [0.2, 0.25) is 0 Å². The lowest BCUT2D eigenvalue weighted by molar-refractivity contribution is -0.0460. The number of fused-ring (bicyclic) bond motifs is 2. The average molecular weight is 460 g/mol. The first-order chi connectivity index (χ1) is 16.0. The minimum atomic E-state index is -0.845. The van der Waals surface area contributed by atoms with Crippen molar-refractivity contribution in [1.82, 2.24) is 9.55 Å². The van der Waals surface area contributed by atoms with E-state index in [1.807, 2.05) is 25.2 Å². The van der Waals surface area contributed by atoms with Gasteiger partial charge in [0.25, 0.3) is 0 Å². The maximum absolute atomic E-state index is 12.7. The molecule has 33 heavy (non-hydrogen) atoms. The van der Waals surface area contributed by atoms with Crippen molar-refractivity contribution in [3.05, 3.63) is 34.9 Å². The van der Waals surface area contributed by atoms with E-state index in [1.54, 1.807) is 11.1 Å². The van der Waals surface area contributed by atoms with E-state index < -0.39 is 24.1 Å². The molecule has 2 aromatic rings. The molecule has 2 N–H and O–H groups in total. The van der Waals surface area contributed by atoms with Crippen LogP contribution < -0.4 is 20.1 Å². The van der Waals surface area contributed by atoms with Crippen molar-refractivity contribution in [2.24, 2.45) is 0 Å². The monoisotopic (exact) mass is 459 g/mol. The summed E-state index contributed by atoms with van der Waals surface area (Å²) < 4.78 is 18.9.